The summed E-state index contributed by atoms with van der Waals surface area (Å²) in [6, 6.07) is 0. The number of carboxylic acid groups (broad SMARTS) is 1. The van der Waals surface area contributed by atoms with Crippen LogP contribution in [-0.2, 0) is 14.3 Å². The second-order valence-corrected chi connectivity index (χ2v) is 10.4. The summed E-state index contributed by atoms with van der Waals surface area (Å²) < 4.78 is 5.99. The SMILES string of the molecule is CCCCCCCCCCC(CCCCCCCCCC)OC(=O)C1CCCCC1C(=O)O. The molecule has 0 aromatic rings. The van der Waals surface area contributed by atoms with Crippen molar-refractivity contribution >= 4 is 11.9 Å². The summed E-state index contributed by atoms with van der Waals surface area (Å²) in [4.78, 5) is 24.5. The predicted molar refractivity (Wildman–Crippen MR) is 137 cm³/mol. The van der Waals surface area contributed by atoms with Crippen LogP contribution in [0.5, 0.6) is 0 Å². The van der Waals surface area contributed by atoms with E-state index in [1.807, 2.05) is 0 Å². The van der Waals surface area contributed by atoms with Crippen molar-refractivity contribution in [3.8, 4) is 0 Å². The number of hydrogen-bond acceptors (Lipinski definition) is 3. The quantitative estimate of drug-likeness (QED) is 0.135. The Kier molecular flexibility index (Phi) is 18.5. The Balaban J connectivity index is 2.40. The molecule has 0 heterocycles. The van der Waals surface area contributed by atoms with Gasteiger partial charge in [-0.1, -0.05) is 117 Å². The van der Waals surface area contributed by atoms with Gasteiger partial charge in [0.2, 0.25) is 0 Å². The molecule has 194 valence electrons. The summed E-state index contributed by atoms with van der Waals surface area (Å²) in [7, 11) is 0. The molecule has 1 fully saturated rings. The maximum atomic E-state index is 12.9. The van der Waals surface area contributed by atoms with Crippen molar-refractivity contribution in [2.45, 2.75) is 161 Å². The van der Waals surface area contributed by atoms with E-state index in [9.17, 15) is 14.7 Å². The lowest BCUT2D eigenvalue weighted by Crippen LogP contribution is -2.35. The van der Waals surface area contributed by atoms with Gasteiger partial charge in [-0.2, -0.15) is 0 Å². The number of aliphatic carboxylic acids is 1. The molecule has 0 aromatic heterocycles. The monoisotopic (exact) mass is 466 g/mol. The number of carbonyl (C=O) groups is 2. The zero-order chi connectivity index (χ0) is 24.2. The molecule has 0 saturated heterocycles. The molecule has 1 aliphatic rings. The summed E-state index contributed by atoms with van der Waals surface area (Å²) in [6.07, 6.45) is 25.4. The highest BCUT2D eigenvalue weighted by atomic mass is 16.5. The molecule has 4 heteroatoms. The molecule has 2 atom stereocenters. The van der Waals surface area contributed by atoms with Gasteiger partial charge in [0, 0.05) is 0 Å². The smallest absolute Gasteiger partial charge is 0.310 e. The highest BCUT2D eigenvalue weighted by molar-refractivity contribution is 5.81. The van der Waals surface area contributed by atoms with Crippen LogP contribution in [0.4, 0.5) is 0 Å². The van der Waals surface area contributed by atoms with Crippen molar-refractivity contribution in [1.29, 1.82) is 0 Å². The minimum absolute atomic E-state index is 0.0333. The molecule has 0 amide bonds. The van der Waals surface area contributed by atoms with Gasteiger partial charge in [0.25, 0.3) is 0 Å². The molecule has 1 aliphatic carbocycles. The Bertz CT molecular complexity index is 470. The van der Waals surface area contributed by atoms with Gasteiger partial charge in [0.05, 0.1) is 11.8 Å². The molecule has 0 spiro atoms. The molecule has 0 aromatic carbocycles. The van der Waals surface area contributed by atoms with Crippen LogP contribution in [0.25, 0.3) is 0 Å². The maximum Gasteiger partial charge on any atom is 0.310 e. The molecule has 33 heavy (non-hydrogen) atoms. The number of ether oxygens (including phenoxy) is 1. The first kappa shape index (κ1) is 30.0. The predicted octanol–water partition coefficient (Wildman–Crippen LogP) is 8.85. The van der Waals surface area contributed by atoms with E-state index in [0.717, 1.165) is 38.5 Å². The fourth-order valence-electron chi connectivity index (χ4n) is 5.23. The fourth-order valence-corrected chi connectivity index (χ4v) is 5.23. The number of unbranched alkanes of at least 4 members (excludes halogenated alkanes) is 14. The van der Waals surface area contributed by atoms with Crippen molar-refractivity contribution in [3.63, 3.8) is 0 Å². The molecule has 2 unspecified atom stereocenters. The van der Waals surface area contributed by atoms with Gasteiger partial charge in [-0.3, -0.25) is 9.59 Å². The van der Waals surface area contributed by atoms with Crippen LogP contribution in [0.15, 0.2) is 0 Å². The van der Waals surface area contributed by atoms with E-state index in [1.54, 1.807) is 0 Å². The van der Waals surface area contributed by atoms with Gasteiger partial charge < -0.3 is 9.84 Å². The molecule has 0 radical (unpaired) electrons. The van der Waals surface area contributed by atoms with Crippen LogP contribution >= 0.6 is 0 Å². The van der Waals surface area contributed by atoms with Crippen LogP contribution in [0.3, 0.4) is 0 Å². The van der Waals surface area contributed by atoms with Gasteiger partial charge in [-0.15, -0.1) is 0 Å². The Morgan fingerprint density at radius 1 is 0.667 bits per heavy atom. The summed E-state index contributed by atoms with van der Waals surface area (Å²) in [5.74, 6) is -2.08. The Labute approximate surface area is 204 Å². The summed E-state index contributed by atoms with van der Waals surface area (Å²) in [5.41, 5.74) is 0. The second-order valence-electron chi connectivity index (χ2n) is 10.4. The van der Waals surface area contributed by atoms with E-state index in [-0.39, 0.29) is 12.1 Å². The highest BCUT2D eigenvalue weighted by Crippen LogP contribution is 2.32. The van der Waals surface area contributed by atoms with Crippen molar-refractivity contribution in [1.82, 2.24) is 0 Å². The molecular weight excluding hydrogens is 412 g/mol. The average molecular weight is 467 g/mol. The number of rotatable bonds is 21. The summed E-state index contributed by atoms with van der Waals surface area (Å²) >= 11 is 0. The van der Waals surface area contributed by atoms with Gasteiger partial charge in [-0.05, 0) is 38.5 Å². The molecule has 1 saturated carbocycles. The van der Waals surface area contributed by atoms with Crippen molar-refractivity contribution < 1.29 is 19.4 Å². The number of carbonyl (C=O) groups excluding carboxylic acids is 1. The van der Waals surface area contributed by atoms with Crippen LogP contribution in [-0.4, -0.2) is 23.1 Å². The zero-order valence-electron chi connectivity index (χ0n) is 22.0. The lowest BCUT2D eigenvalue weighted by Gasteiger charge is -2.29. The number of esters is 1. The maximum absolute atomic E-state index is 12.9. The Morgan fingerprint density at radius 2 is 1.06 bits per heavy atom. The van der Waals surface area contributed by atoms with Crippen LogP contribution in [0, 0.1) is 11.8 Å². The van der Waals surface area contributed by atoms with Gasteiger partial charge in [0.1, 0.15) is 6.10 Å². The average Bonchev–Trinajstić information content (AvgIpc) is 2.82. The van der Waals surface area contributed by atoms with Crippen LogP contribution in [0.1, 0.15) is 155 Å². The topological polar surface area (TPSA) is 63.6 Å². The van der Waals surface area contributed by atoms with Crippen molar-refractivity contribution in [2.75, 3.05) is 0 Å². The minimum Gasteiger partial charge on any atom is -0.481 e. The third kappa shape index (κ3) is 14.7. The van der Waals surface area contributed by atoms with E-state index in [0.29, 0.717) is 12.8 Å². The first-order valence-corrected chi connectivity index (χ1v) is 14.5. The van der Waals surface area contributed by atoms with Gasteiger partial charge in [-0.25, -0.2) is 0 Å². The van der Waals surface area contributed by atoms with Crippen molar-refractivity contribution in [3.05, 3.63) is 0 Å². The molecule has 4 nitrogen and oxygen atoms in total. The number of carboxylic acids is 1. The molecular formula is C29H54O4. The van der Waals surface area contributed by atoms with E-state index in [2.05, 4.69) is 13.8 Å². The van der Waals surface area contributed by atoms with E-state index in [4.69, 9.17) is 4.74 Å². The standard InChI is InChI=1S/C29H54O4/c1-3-5-7-9-11-13-15-17-21-25(22-18-16-14-12-10-8-6-4-2)33-29(32)27-24-20-19-23-26(27)28(30)31/h25-27H,3-24H2,1-2H3,(H,30,31). The van der Waals surface area contributed by atoms with Crippen LogP contribution < -0.4 is 0 Å². The van der Waals surface area contributed by atoms with E-state index >= 15 is 0 Å². The molecule has 0 bridgehead atoms. The van der Waals surface area contributed by atoms with Gasteiger partial charge in [0.15, 0.2) is 0 Å². The fraction of sp³-hybridized carbons (Fsp3) is 0.931. The number of hydrogen-bond donors (Lipinski definition) is 1. The van der Waals surface area contributed by atoms with E-state index in [1.165, 1.54) is 89.9 Å². The normalized spacial score (nSPS) is 18.5. The molecule has 1 rings (SSSR count). The van der Waals surface area contributed by atoms with Crippen molar-refractivity contribution in [2.24, 2.45) is 11.8 Å². The third-order valence-electron chi connectivity index (χ3n) is 7.43. The summed E-state index contributed by atoms with van der Waals surface area (Å²) in [5, 5.41) is 9.54. The largest absolute Gasteiger partial charge is 0.481 e. The Morgan fingerprint density at radius 3 is 1.48 bits per heavy atom. The lowest BCUT2D eigenvalue weighted by molar-refractivity contribution is -0.164. The molecule has 0 aliphatic heterocycles. The third-order valence-corrected chi connectivity index (χ3v) is 7.43. The second kappa shape index (κ2) is 20.3. The first-order valence-electron chi connectivity index (χ1n) is 14.5. The summed E-state index contributed by atoms with van der Waals surface area (Å²) in [6.45, 7) is 4.50. The minimum atomic E-state index is -0.834. The lowest BCUT2D eigenvalue weighted by atomic mass is 9.79. The molecule has 1 N–H and O–H groups in total. The van der Waals surface area contributed by atoms with Gasteiger partial charge >= 0.3 is 11.9 Å². The first-order chi connectivity index (χ1) is 16.1. The Hall–Kier alpha value is -1.06. The zero-order valence-corrected chi connectivity index (χ0v) is 22.0. The highest BCUT2D eigenvalue weighted by Gasteiger charge is 2.37. The van der Waals surface area contributed by atoms with E-state index < -0.39 is 17.8 Å². The van der Waals surface area contributed by atoms with Crippen LogP contribution in [0.2, 0.25) is 0 Å².